The molecule has 4 heteroatoms. The number of hydrogen-bond donors (Lipinski definition) is 0. The fraction of sp³-hybridized carbons (Fsp3) is 0.600. The molecule has 1 aliphatic heterocycles. The van der Waals surface area contributed by atoms with Gasteiger partial charge in [0.2, 0.25) is 0 Å². The highest BCUT2D eigenvalue weighted by Gasteiger charge is 2.51. The van der Waals surface area contributed by atoms with E-state index in [4.69, 9.17) is 0 Å². The molecule has 1 fully saturated rings. The summed E-state index contributed by atoms with van der Waals surface area (Å²) in [5.41, 5.74) is 0. The Morgan fingerprint density at radius 1 is 1.67 bits per heavy atom. The molecule has 0 aromatic carbocycles. The van der Waals surface area contributed by atoms with Gasteiger partial charge >= 0.3 is 5.92 Å². The van der Waals surface area contributed by atoms with E-state index in [9.17, 15) is 13.2 Å². The van der Waals surface area contributed by atoms with Crippen LogP contribution in [0.5, 0.6) is 0 Å². The van der Waals surface area contributed by atoms with E-state index in [-0.39, 0.29) is 6.61 Å². The highest BCUT2D eigenvalue weighted by molar-refractivity contribution is 5.05. The zero-order valence-corrected chi connectivity index (χ0v) is 4.53. The van der Waals surface area contributed by atoms with Gasteiger partial charge in [-0.1, -0.05) is 6.58 Å². The molecule has 0 saturated carbocycles. The van der Waals surface area contributed by atoms with Crippen molar-refractivity contribution in [2.75, 3.05) is 6.61 Å². The summed E-state index contributed by atoms with van der Waals surface area (Å²) in [6, 6.07) is 0. The normalized spacial score (nSPS) is 25.9. The molecule has 9 heavy (non-hydrogen) atoms. The molecule has 1 unspecified atom stereocenters. The summed E-state index contributed by atoms with van der Waals surface area (Å²) in [6.45, 7) is 2.42. The van der Waals surface area contributed by atoms with Gasteiger partial charge in [-0.2, -0.15) is 8.78 Å². The molecule has 1 atom stereocenters. The van der Waals surface area contributed by atoms with Gasteiger partial charge in [0.1, 0.15) is 0 Å². The summed E-state index contributed by atoms with van der Waals surface area (Å²) in [7, 11) is 0. The third-order valence-corrected chi connectivity index (χ3v) is 1.10. The number of ether oxygens (including phenoxy) is 1. The van der Waals surface area contributed by atoms with Crippen molar-refractivity contribution in [3.05, 3.63) is 12.4 Å². The van der Waals surface area contributed by atoms with Crippen molar-refractivity contribution >= 4 is 0 Å². The second kappa shape index (κ2) is 1.73. The molecule has 0 bridgehead atoms. The first-order valence-electron chi connectivity index (χ1n) is 2.39. The molecule has 0 spiro atoms. The standard InChI is InChI=1S/C5H5F3O/c1-3(6)5(7,8)4-2-9-4/h4H,1-2H2. The van der Waals surface area contributed by atoms with Gasteiger partial charge in [-0.05, 0) is 0 Å². The van der Waals surface area contributed by atoms with Gasteiger partial charge in [0.15, 0.2) is 11.9 Å². The maximum Gasteiger partial charge on any atom is 0.325 e. The number of rotatable bonds is 2. The Morgan fingerprint density at radius 2 is 2.11 bits per heavy atom. The first-order chi connectivity index (χ1) is 4.05. The maximum atomic E-state index is 12.1. The Kier molecular flexibility index (Phi) is 1.27. The Balaban J connectivity index is 2.59. The van der Waals surface area contributed by atoms with Crippen molar-refractivity contribution in [1.82, 2.24) is 0 Å². The number of hydrogen-bond acceptors (Lipinski definition) is 1. The first-order valence-corrected chi connectivity index (χ1v) is 2.39. The van der Waals surface area contributed by atoms with Crippen molar-refractivity contribution in [2.45, 2.75) is 12.0 Å². The van der Waals surface area contributed by atoms with E-state index in [0.717, 1.165) is 0 Å². The van der Waals surface area contributed by atoms with Gasteiger partial charge in [-0.3, -0.25) is 0 Å². The van der Waals surface area contributed by atoms with Crippen LogP contribution in [0.25, 0.3) is 0 Å². The fourth-order valence-corrected chi connectivity index (χ4v) is 0.432. The van der Waals surface area contributed by atoms with Crippen molar-refractivity contribution in [1.29, 1.82) is 0 Å². The lowest BCUT2D eigenvalue weighted by atomic mass is 10.2. The fourth-order valence-electron chi connectivity index (χ4n) is 0.432. The Hall–Kier alpha value is -0.510. The minimum Gasteiger partial charge on any atom is -0.366 e. The van der Waals surface area contributed by atoms with Crippen LogP contribution in [0.4, 0.5) is 13.2 Å². The van der Waals surface area contributed by atoms with Crippen LogP contribution in [0.2, 0.25) is 0 Å². The lowest BCUT2D eigenvalue weighted by Gasteiger charge is -2.07. The van der Waals surface area contributed by atoms with Crippen LogP contribution >= 0.6 is 0 Å². The summed E-state index contributed by atoms with van der Waals surface area (Å²) in [6.07, 6.45) is -1.27. The monoisotopic (exact) mass is 138 g/mol. The molecule has 0 N–H and O–H groups in total. The van der Waals surface area contributed by atoms with Crippen LogP contribution in [0, 0.1) is 0 Å². The molecule has 1 aliphatic rings. The van der Waals surface area contributed by atoms with Gasteiger partial charge in [-0.15, -0.1) is 0 Å². The van der Waals surface area contributed by atoms with Gasteiger partial charge in [0.25, 0.3) is 0 Å². The van der Waals surface area contributed by atoms with Crippen LogP contribution in [0.15, 0.2) is 12.4 Å². The predicted molar refractivity (Wildman–Crippen MR) is 24.9 cm³/mol. The molecule has 52 valence electrons. The third-order valence-electron chi connectivity index (χ3n) is 1.10. The van der Waals surface area contributed by atoms with Gasteiger partial charge < -0.3 is 4.74 Å². The number of alkyl halides is 2. The second-order valence-corrected chi connectivity index (χ2v) is 1.85. The van der Waals surface area contributed by atoms with E-state index >= 15 is 0 Å². The van der Waals surface area contributed by atoms with Crippen molar-refractivity contribution in [3.63, 3.8) is 0 Å². The average molecular weight is 138 g/mol. The topological polar surface area (TPSA) is 12.5 Å². The van der Waals surface area contributed by atoms with E-state index in [2.05, 4.69) is 11.3 Å². The Labute approximate surface area is 50.1 Å². The van der Waals surface area contributed by atoms with E-state index < -0.39 is 17.9 Å². The number of epoxide rings is 1. The zero-order valence-electron chi connectivity index (χ0n) is 4.53. The highest BCUT2D eigenvalue weighted by Crippen LogP contribution is 2.35. The third kappa shape index (κ3) is 1.08. The molecule has 0 aromatic rings. The van der Waals surface area contributed by atoms with Gasteiger partial charge in [0, 0.05) is 0 Å². The lowest BCUT2D eigenvalue weighted by Crippen LogP contribution is -2.23. The van der Waals surface area contributed by atoms with Crippen LogP contribution in [-0.4, -0.2) is 18.6 Å². The maximum absolute atomic E-state index is 12.1. The second-order valence-electron chi connectivity index (χ2n) is 1.85. The van der Waals surface area contributed by atoms with Crippen molar-refractivity contribution < 1.29 is 17.9 Å². The van der Waals surface area contributed by atoms with Crippen LogP contribution in [-0.2, 0) is 4.74 Å². The molecule has 0 radical (unpaired) electrons. The predicted octanol–water partition coefficient (Wildman–Crippen LogP) is 1.50. The molecule has 0 aliphatic carbocycles. The minimum absolute atomic E-state index is 0.0735. The Morgan fingerprint density at radius 3 is 2.22 bits per heavy atom. The summed E-state index contributed by atoms with van der Waals surface area (Å²) in [5.74, 6) is -5.09. The molecule has 0 amide bonds. The summed E-state index contributed by atoms with van der Waals surface area (Å²) in [5, 5.41) is 0. The molecule has 1 saturated heterocycles. The first kappa shape index (κ1) is 6.61. The van der Waals surface area contributed by atoms with E-state index in [0.29, 0.717) is 0 Å². The molecular formula is C5H5F3O. The van der Waals surface area contributed by atoms with E-state index in [1.807, 2.05) is 0 Å². The van der Waals surface area contributed by atoms with Crippen LogP contribution in [0.1, 0.15) is 0 Å². The molecular weight excluding hydrogens is 133 g/mol. The smallest absolute Gasteiger partial charge is 0.325 e. The Bertz CT molecular complexity index is 139. The molecule has 1 heterocycles. The van der Waals surface area contributed by atoms with E-state index in [1.54, 1.807) is 0 Å². The average Bonchev–Trinajstić information content (AvgIpc) is 2.42. The minimum atomic E-state index is -3.47. The van der Waals surface area contributed by atoms with E-state index in [1.165, 1.54) is 0 Å². The van der Waals surface area contributed by atoms with Crippen molar-refractivity contribution in [3.8, 4) is 0 Å². The SMILES string of the molecule is C=C(F)C(F)(F)C1CO1. The van der Waals surface area contributed by atoms with Crippen LogP contribution in [0.3, 0.4) is 0 Å². The number of halogens is 3. The largest absolute Gasteiger partial charge is 0.366 e. The summed E-state index contributed by atoms with van der Waals surface area (Å²) >= 11 is 0. The highest BCUT2D eigenvalue weighted by atomic mass is 19.3. The molecule has 0 aromatic heterocycles. The quantitative estimate of drug-likeness (QED) is 0.527. The lowest BCUT2D eigenvalue weighted by molar-refractivity contribution is -0.00849. The molecule has 1 rings (SSSR count). The summed E-state index contributed by atoms with van der Waals surface area (Å²) < 4.78 is 40.2. The van der Waals surface area contributed by atoms with Crippen LogP contribution < -0.4 is 0 Å². The molecule has 1 nitrogen and oxygen atoms in total. The van der Waals surface area contributed by atoms with Crippen molar-refractivity contribution in [2.24, 2.45) is 0 Å². The summed E-state index contributed by atoms with van der Waals surface area (Å²) in [4.78, 5) is 0. The zero-order chi connectivity index (χ0) is 7.07. The van der Waals surface area contributed by atoms with Gasteiger partial charge in [-0.25, -0.2) is 4.39 Å². The van der Waals surface area contributed by atoms with Gasteiger partial charge in [0.05, 0.1) is 6.61 Å².